The van der Waals surface area contributed by atoms with Gasteiger partial charge in [-0.25, -0.2) is 9.59 Å². The molecule has 278 valence electrons. The fourth-order valence-electron chi connectivity index (χ4n) is 5.16. The Morgan fingerprint density at radius 3 is 1.98 bits per heavy atom. The van der Waals surface area contributed by atoms with Gasteiger partial charge in [-0.1, -0.05) is 70.2 Å². The highest BCUT2D eigenvalue weighted by Gasteiger charge is 2.26. The van der Waals surface area contributed by atoms with Crippen LogP contribution in [-0.2, 0) is 27.3 Å². The Morgan fingerprint density at radius 1 is 0.745 bits per heavy atom. The molecule has 1 atom stereocenters. The molecule has 0 unspecified atom stereocenters. The van der Waals surface area contributed by atoms with Crippen molar-refractivity contribution < 1.29 is 33.3 Å². The molecule has 3 rings (SSSR count). The van der Waals surface area contributed by atoms with Gasteiger partial charge in [-0.2, -0.15) is 0 Å². The highest BCUT2D eigenvalue weighted by Crippen LogP contribution is 2.27. The number of alkyl carbamates (subject to hydrolysis) is 1. The average Bonchev–Trinajstić information content (AvgIpc) is 3.11. The van der Waals surface area contributed by atoms with Crippen LogP contribution >= 0.6 is 0 Å². The minimum Gasteiger partial charge on any atom is -0.490 e. The fraction of sp³-hybridized carbons (Fsp3) is 0.475. The van der Waals surface area contributed by atoms with Gasteiger partial charge in [0, 0.05) is 19.5 Å². The molecule has 2 N–H and O–H groups in total. The van der Waals surface area contributed by atoms with E-state index in [1.165, 1.54) is 0 Å². The van der Waals surface area contributed by atoms with Crippen LogP contribution < -0.4 is 20.1 Å². The Balaban J connectivity index is 1.80. The van der Waals surface area contributed by atoms with Crippen molar-refractivity contribution in [2.45, 2.75) is 73.1 Å². The molecule has 0 heterocycles. The molecular weight excluding hydrogens is 648 g/mol. The average molecular weight is 705 g/mol. The molecule has 3 aromatic carbocycles. The zero-order valence-electron chi connectivity index (χ0n) is 31.3. The molecule has 0 aliphatic carbocycles. The molecule has 0 spiro atoms. The van der Waals surface area contributed by atoms with Gasteiger partial charge in [-0.15, -0.1) is 0 Å². The monoisotopic (exact) mass is 704 g/mol. The molecule has 0 radical (unpaired) electrons. The maximum absolute atomic E-state index is 13.9. The van der Waals surface area contributed by atoms with Crippen LogP contribution in [-0.4, -0.2) is 91.9 Å². The Bertz CT molecular complexity index is 1500. The number of nitrogens with zero attached hydrogens (tertiary/aromatic N) is 2. The van der Waals surface area contributed by atoms with Crippen molar-refractivity contribution in [1.82, 2.24) is 15.1 Å². The molecule has 0 aliphatic rings. The van der Waals surface area contributed by atoms with Gasteiger partial charge in [0.15, 0.2) is 0 Å². The van der Waals surface area contributed by atoms with Crippen LogP contribution in [0.15, 0.2) is 72.8 Å². The lowest BCUT2D eigenvalue weighted by atomic mass is 10.0. The van der Waals surface area contributed by atoms with Crippen LogP contribution in [0, 0.1) is 0 Å². The number of hydrogen-bond donors (Lipinski definition) is 2. The summed E-state index contributed by atoms with van der Waals surface area (Å²) in [6.45, 7) is 19.3. The first-order valence-corrected chi connectivity index (χ1v) is 17.9. The second kappa shape index (κ2) is 20.9. The lowest BCUT2D eigenvalue weighted by Gasteiger charge is -2.24. The third kappa shape index (κ3) is 14.6. The van der Waals surface area contributed by atoms with Gasteiger partial charge in [-0.3, -0.25) is 4.79 Å². The van der Waals surface area contributed by atoms with E-state index in [1.807, 2.05) is 54.6 Å². The third-order valence-electron chi connectivity index (χ3n) is 8.19. The molecule has 11 nitrogen and oxygen atoms in total. The SMILES string of the molecule is CCN(CC)CCOC(=O)c1ccc(NC(=O)[C@@H](Cc2ccc(OCc3ccccc3)cc2)NC(=O)OC(C)(C)C)c(OCCN(CC)CC)c1. The molecule has 51 heavy (non-hydrogen) atoms. The predicted molar refractivity (Wildman–Crippen MR) is 201 cm³/mol. The van der Waals surface area contributed by atoms with Gasteiger partial charge in [0.2, 0.25) is 5.91 Å². The topological polar surface area (TPSA) is 119 Å². The number of carbonyl (C=O) groups excluding carboxylic acids is 3. The van der Waals surface area contributed by atoms with Crippen molar-refractivity contribution in [1.29, 1.82) is 0 Å². The van der Waals surface area contributed by atoms with Crippen molar-refractivity contribution in [3.05, 3.63) is 89.5 Å². The molecule has 0 bridgehead atoms. The molecule has 2 amide bonds. The summed E-state index contributed by atoms with van der Waals surface area (Å²) in [7, 11) is 0. The number of likely N-dealkylation sites (N-methyl/N-ethyl adjacent to an activating group) is 2. The summed E-state index contributed by atoms with van der Waals surface area (Å²) < 4.78 is 23.1. The lowest BCUT2D eigenvalue weighted by Crippen LogP contribution is -2.47. The zero-order chi connectivity index (χ0) is 37.2. The van der Waals surface area contributed by atoms with E-state index < -0.39 is 29.6 Å². The van der Waals surface area contributed by atoms with Crippen LogP contribution in [0.1, 0.15) is 70.0 Å². The van der Waals surface area contributed by atoms with Gasteiger partial charge in [0.05, 0.1) is 11.3 Å². The zero-order valence-corrected chi connectivity index (χ0v) is 31.3. The van der Waals surface area contributed by atoms with E-state index in [2.05, 4.69) is 48.1 Å². The summed E-state index contributed by atoms with van der Waals surface area (Å²) in [5.41, 5.74) is 1.77. The smallest absolute Gasteiger partial charge is 0.408 e. The van der Waals surface area contributed by atoms with Crippen molar-refractivity contribution in [2.75, 3.05) is 57.8 Å². The maximum Gasteiger partial charge on any atom is 0.408 e. The van der Waals surface area contributed by atoms with Gasteiger partial charge >= 0.3 is 12.1 Å². The second-order valence-corrected chi connectivity index (χ2v) is 13.1. The Kier molecular flexibility index (Phi) is 16.7. The van der Waals surface area contributed by atoms with E-state index in [-0.39, 0.29) is 13.0 Å². The van der Waals surface area contributed by atoms with Crippen molar-refractivity contribution in [2.24, 2.45) is 0 Å². The van der Waals surface area contributed by atoms with Crippen molar-refractivity contribution in [3.8, 4) is 11.5 Å². The minimum absolute atomic E-state index is 0.180. The number of benzene rings is 3. The number of hydrogen-bond acceptors (Lipinski definition) is 9. The summed E-state index contributed by atoms with van der Waals surface area (Å²) in [6, 6.07) is 21.1. The van der Waals surface area contributed by atoms with Crippen LogP contribution in [0.3, 0.4) is 0 Å². The standard InChI is InChI=1S/C40H56N4O7/c1-8-43(9-2)23-25-48-36-28-32(38(46)49-26-24-44(10-3)11-4)19-22-34(36)41-37(45)35(42-39(47)51-40(5,6)7)27-30-17-20-33(21-18-30)50-29-31-15-13-12-14-16-31/h12-22,28,35H,8-11,23-27,29H2,1-7H3,(H,41,45)(H,42,47)/t35-/m1/s1. The number of ether oxygens (including phenoxy) is 4. The van der Waals surface area contributed by atoms with E-state index in [9.17, 15) is 14.4 Å². The highest BCUT2D eigenvalue weighted by molar-refractivity contribution is 5.99. The number of carbonyl (C=O) groups is 3. The van der Waals surface area contributed by atoms with Crippen LogP contribution in [0.25, 0.3) is 0 Å². The first kappa shape index (κ1) is 40.8. The Hall–Kier alpha value is -4.61. The summed E-state index contributed by atoms with van der Waals surface area (Å²) in [5, 5.41) is 5.66. The number of anilines is 1. The molecule has 11 heteroatoms. The van der Waals surface area contributed by atoms with Crippen LogP contribution in [0.5, 0.6) is 11.5 Å². The van der Waals surface area contributed by atoms with Gasteiger partial charge < -0.3 is 39.4 Å². The van der Waals surface area contributed by atoms with Gasteiger partial charge in [0.1, 0.15) is 43.0 Å². The Labute approximate surface area is 303 Å². The molecule has 0 aromatic heterocycles. The van der Waals surface area contributed by atoms with E-state index in [4.69, 9.17) is 18.9 Å². The number of esters is 1. The summed E-state index contributed by atoms with van der Waals surface area (Å²) in [6.07, 6.45) is -0.539. The van der Waals surface area contributed by atoms with Crippen molar-refractivity contribution in [3.63, 3.8) is 0 Å². The third-order valence-corrected chi connectivity index (χ3v) is 8.19. The summed E-state index contributed by atoms with van der Waals surface area (Å²) in [5.74, 6) is 0.0502. The first-order chi connectivity index (χ1) is 24.4. The van der Waals surface area contributed by atoms with E-state index in [0.717, 1.165) is 37.3 Å². The summed E-state index contributed by atoms with van der Waals surface area (Å²) >= 11 is 0. The van der Waals surface area contributed by atoms with Crippen molar-refractivity contribution >= 4 is 23.7 Å². The fourth-order valence-corrected chi connectivity index (χ4v) is 5.16. The normalized spacial score (nSPS) is 11.9. The molecule has 0 saturated carbocycles. The van der Waals surface area contributed by atoms with Gasteiger partial charge in [0.25, 0.3) is 0 Å². The quantitative estimate of drug-likeness (QED) is 0.126. The predicted octanol–water partition coefficient (Wildman–Crippen LogP) is 6.56. The highest BCUT2D eigenvalue weighted by atomic mass is 16.6. The maximum atomic E-state index is 13.9. The van der Waals surface area contributed by atoms with Crippen LogP contribution in [0.4, 0.5) is 10.5 Å². The molecule has 0 saturated heterocycles. The number of rotatable bonds is 20. The molecular formula is C40H56N4O7. The summed E-state index contributed by atoms with van der Waals surface area (Å²) in [4.78, 5) is 44.1. The Morgan fingerprint density at radius 2 is 1.37 bits per heavy atom. The second-order valence-electron chi connectivity index (χ2n) is 13.1. The molecule has 0 aliphatic heterocycles. The van der Waals surface area contributed by atoms with Crippen LogP contribution in [0.2, 0.25) is 0 Å². The number of amides is 2. The van der Waals surface area contributed by atoms with E-state index >= 15 is 0 Å². The lowest BCUT2D eigenvalue weighted by molar-refractivity contribution is -0.118. The molecule has 0 fully saturated rings. The van der Waals surface area contributed by atoms with E-state index in [1.54, 1.807) is 39.0 Å². The van der Waals surface area contributed by atoms with E-state index in [0.29, 0.717) is 49.1 Å². The minimum atomic E-state index is -0.996. The molecule has 3 aromatic rings. The van der Waals surface area contributed by atoms with Gasteiger partial charge in [-0.05, 0) is 88.4 Å². The first-order valence-electron chi connectivity index (χ1n) is 17.9. The largest absolute Gasteiger partial charge is 0.490 e. The number of nitrogens with one attached hydrogen (secondary N) is 2.